The van der Waals surface area contributed by atoms with Gasteiger partial charge in [-0.15, -0.1) is 0 Å². The van der Waals surface area contributed by atoms with E-state index in [2.05, 4.69) is 5.32 Å². The van der Waals surface area contributed by atoms with E-state index in [4.69, 9.17) is 5.73 Å². The highest BCUT2D eigenvalue weighted by molar-refractivity contribution is 5.97. The van der Waals surface area contributed by atoms with Gasteiger partial charge in [0.1, 0.15) is 17.7 Å². The van der Waals surface area contributed by atoms with Gasteiger partial charge in [-0.05, 0) is 18.1 Å². The fourth-order valence-corrected chi connectivity index (χ4v) is 1.64. The number of hydrogen-bond donors (Lipinski definition) is 2. The molecule has 0 aliphatic heterocycles. The number of carbonyl (C=O) groups excluding carboxylic acids is 2. The number of hydrogen-bond acceptors (Lipinski definition) is 2. The Hall–Kier alpha value is -1.98. The van der Waals surface area contributed by atoms with Crippen molar-refractivity contribution in [3.8, 4) is 0 Å². The molecule has 2 amide bonds. The first kappa shape index (κ1) is 15.1. The lowest BCUT2D eigenvalue weighted by atomic mass is 9.98. The van der Waals surface area contributed by atoms with Crippen LogP contribution in [0.15, 0.2) is 18.2 Å². The van der Waals surface area contributed by atoms with E-state index >= 15 is 0 Å². The number of primary amides is 1. The average molecular weight is 270 g/mol. The lowest BCUT2D eigenvalue weighted by Crippen LogP contribution is -2.48. The van der Waals surface area contributed by atoms with Gasteiger partial charge in [0.15, 0.2) is 0 Å². The zero-order valence-electron chi connectivity index (χ0n) is 10.7. The molecule has 2 atom stereocenters. The van der Waals surface area contributed by atoms with Crippen LogP contribution in [0.3, 0.4) is 0 Å². The summed E-state index contributed by atoms with van der Waals surface area (Å²) in [6, 6.07) is 1.58. The zero-order valence-corrected chi connectivity index (χ0v) is 10.7. The van der Waals surface area contributed by atoms with Crippen LogP contribution in [-0.2, 0) is 4.79 Å². The molecule has 6 heteroatoms. The summed E-state index contributed by atoms with van der Waals surface area (Å²) in [7, 11) is 0. The third-order valence-corrected chi connectivity index (χ3v) is 2.93. The molecule has 19 heavy (non-hydrogen) atoms. The highest BCUT2D eigenvalue weighted by Crippen LogP contribution is 2.11. The van der Waals surface area contributed by atoms with Crippen molar-refractivity contribution in [3.05, 3.63) is 35.4 Å². The molecule has 1 rings (SSSR count). The van der Waals surface area contributed by atoms with Crippen LogP contribution < -0.4 is 11.1 Å². The predicted octanol–water partition coefficient (Wildman–Crippen LogP) is 1.59. The molecule has 0 bridgehead atoms. The van der Waals surface area contributed by atoms with E-state index < -0.39 is 29.5 Å². The molecule has 1 aromatic rings. The van der Waals surface area contributed by atoms with Crippen LogP contribution >= 0.6 is 0 Å². The Labute approximate surface area is 110 Å². The summed E-state index contributed by atoms with van der Waals surface area (Å²) in [6.07, 6.45) is 0.630. The lowest BCUT2D eigenvalue weighted by Gasteiger charge is -2.21. The van der Waals surface area contributed by atoms with Crippen LogP contribution in [0, 0.1) is 17.6 Å². The fourth-order valence-electron chi connectivity index (χ4n) is 1.64. The summed E-state index contributed by atoms with van der Waals surface area (Å²) in [6.45, 7) is 3.59. The van der Waals surface area contributed by atoms with Crippen molar-refractivity contribution in [2.45, 2.75) is 26.3 Å². The Balaban J connectivity index is 2.90. The van der Waals surface area contributed by atoms with Crippen LogP contribution in [0.25, 0.3) is 0 Å². The van der Waals surface area contributed by atoms with Crippen LogP contribution in [0.4, 0.5) is 8.78 Å². The summed E-state index contributed by atoms with van der Waals surface area (Å²) < 4.78 is 26.0. The number of nitrogens with one attached hydrogen (secondary N) is 1. The van der Waals surface area contributed by atoms with Gasteiger partial charge in [0.05, 0.1) is 0 Å². The van der Waals surface area contributed by atoms with Gasteiger partial charge in [0.25, 0.3) is 5.91 Å². The van der Waals surface area contributed by atoms with Gasteiger partial charge in [0, 0.05) is 11.6 Å². The average Bonchev–Trinajstić information content (AvgIpc) is 2.33. The van der Waals surface area contributed by atoms with E-state index in [1.807, 2.05) is 6.92 Å². The molecule has 0 fully saturated rings. The van der Waals surface area contributed by atoms with Gasteiger partial charge >= 0.3 is 0 Å². The highest BCUT2D eigenvalue weighted by Gasteiger charge is 2.24. The fraction of sp³-hybridized carbons (Fsp3) is 0.385. The van der Waals surface area contributed by atoms with E-state index in [1.54, 1.807) is 6.92 Å². The monoisotopic (exact) mass is 270 g/mol. The third kappa shape index (κ3) is 4.01. The van der Waals surface area contributed by atoms with Crippen LogP contribution in [0.5, 0.6) is 0 Å². The molecule has 0 aliphatic carbocycles. The van der Waals surface area contributed by atoms with Crippen molar-refractivity contribution in [3.63, 3.8) is 0 Å². The molecule has 104 valence electrons. The minimum absolute atomic E-state index is 0.167. The smallest absolute Gasteiger partial charge is 0.252 e. The second-order valence-electron chi connectivity index (χ2n) is 4.40. The Bertz CT molecular complexity index is 471. The summed E-state index contributed by atoms with van der Waals surface area (Å²) in [5.74, 6) is -3.30. The number of benzene rings is 1. The quantitative estimate of drug-likeness (QED) is 0.853. The summed E-state index contributed by atoms with van der Waals surface area (Å²) in [4.78, 5) is 23.1. The topological polar surface area (TPSA) is 72.2 Å². The standard InChI is InChI=1S/C13H16F2N2O2/c1-3-7(2)11(12(16)18)17-13(19)8-4-9(14)6-10(15)5-8/h4-7,11H,3H2,1-2H3,(H2,16,18)(H,17,19)/t7-,11-/m1/s1. The second-order valence-corrected chi connectivity index (χ2v) is 4.40. The minimum Gasteiger partial charge on any atom is -0.368 e. The summed E-state index contributed by atoms with van der Waals surface area (Å²) in [5.41, 5.74) is 5.01. The normalized spacial score (nSPS) is 13.7. The van der Waals surface area contributed by atoms with E-state index in [0.29, 0.717) is 12.5 Å². The van der Waals surface area contributed by atoms with E-state index in [0.717, 1.165) is 12.1 Å². The molecule has 0 radical (unpaired) electrons. The van der Waals surface area contributed by atoms with Crippen molar-refractivity contribution in [1.29, 1.82) is 0 Å². The summed E-state index contributed by atoms with van der Waals surface area (Å²) in [5, 5.41) is 2.39. The Morgan fingerprint density at radius 3 is 2.21 bits per heavy atom. The summed E-state index contributed by atoms with van der Waals surface area (Å²) >= 11 is 0. The molecule has 0 aliphatic rings. The molecule has 0 heterocycles. The van der Waals surface area contributed by atoms with E-state index in [9.17, 15) is 18.4 Å². The first-order valence-electron chi connectivity index (χ1n) is 5.91. The Morgan fingerprint density at radius 2 is 1.79 bits per heavy atom. The molecule has 0 unspecified atom stereocenters. The number of amides is 2. The maximum absolute atomic E-state index is 13.0. The SMILES string of the molecule is CC[C@@H](C)[C@@H](NC(=O)c1cc(F)cc(F)c1)C(N)=O. The number of halogens is 2. The van der Waals surface area contributed by atoms with Gasteiger partial charge < -0.3 is 11.1 Å². The van der Waals surface area contributed by atoms with E-state index in [1.165, 1.54) is 0 Å². The van der Waals surface area contributed by atoms with Crippen molar-refractivity contribution < 1.29 is 18.4 Å². The molecular formula is C13H16F2N2O2. The maximum Gasteiger partial charge on any atom is 0.252 e. The molecule has 4 nitrogen and oxygen atoms in total. The molecular weight excluding hydrogens is 254 g/mol. The Kier molecular flexibility index (Phi) is 4.97. The number of nitrogens with two attached hydrogens (primary N) is 1. The highest BCUT2D eigenvalue weighted by atomic mass is 19.1. The predicted molar refractivity (Wildman–Crippen MR) is 66.3 cm³/mol. The maximum atomic E-state index is 13.0. The molecule has 1 aromatic carbocycles. The van der Waals surface area contributed by atoms with Gasteiger partial charge in [0.2, 0.25) is 5.91 Å². The zero-order chi connectivity index (χ0) is 14.6. The molecule has 0 saturated carbocycles. The molecule has 3 N–H and O–H groups in total. The van der Waals surface area contributed by atoms with E-state index in [-0.39, 0.29) is 11.5 Å². The van der Waals surface area contributed by atoms with Crippen LogP contribution in [-0.4, -0.2) is 17.9 Å². The Morgan fingerprint density at radius 1 is 1.26 bits per heavy atom. The molecule has 0 saturated heterocycles. The number of carbonyl (C=O) groups is 2. The van der Waals surface area contributed by atoms with Gasteiger partial charge in [-0.2, -0.15) is 0 Å². The van der Waals surface area contributed by atoms with Crippen LogP contribution in [0.2, 0.25) is 0 Å². The first-order chi connectivity index (χ1) is 8.85. The third-order valence-electron chi connectivity index (χ3n) is 2.93. The molecule has 0 spiro atoms. The lowest BCUT2D eigenvalue weighted by molar-refractivity contribution is -0.120. The van der Waals surface area contributed by atoms with Gasteiger partial charge in [-0.3, -0.25) is 9.59 Å². The molecule has 0 aromatic heterocycles. The largest absolute Gasteiger partial charge is 0.368 e. The van der Waals surface area contributed by atoms with Crippen molar-refractivity contribution in [2.75, 3.05) is 0 Å². The van der Waals surface area contributed by atoms with Crippen LogP contribution in [0.1, 0.15) is 30.6 Å². The van der Waals surface area contributed by atoms with Gasteiger partial charge in [-0.1, -0.05) is 20.3 Å². The van der Waals surface area contributed by atoms with Crippen molar-refractivity contribution >= 4 is 11.8 Å². The van der Waals surface area contributed by atoms with Crippen molar-refractivity contribution in [1.82, 2.24) is 5.32 Å². The van der Waals surface area contributed by atoms with Crippen molar-refractivity contribution in [2.24, 2.45) is 11.7 Å². The number of rotatable bonds is 5. The second kappa shape index (κ2) is 6.26. The van der Waals surface area contributed by atoms with Gasteiger partial charge in [-0.25, -0.2) is 8.78 Å². The minimum atomic E-state index is -0.871. The first-order valence-corrected chi connectivity index (χ1v) is 5.91.